The summed E-state index contributed by atoms with van der Waals surface area (Å²) in [6.07, 6.45) is 0.324. The van der Waals surface area contributed by atoms with Crippen LogP contribution in [0.1, 0.15) is 64.0 Å². The van der Waals surface area contributed by atoms with E-state index in [9.17, 15) is 54.0 Å². The molecule has 316 valence electrons. The van der Waals surface area contributed by atoms with E-state index in [0.717, 1.165) is 5.56 Å². The lowest BCUT2D eigenvalue weighted by Crippen LogP contribution is -2.60. The summed E-state index contributed by atoms with van der Waals surface area (Å²) in [7, 11) is 0. The van der Waals surface area contributed by atoms with E-state index in [1.54, 1.807) is 12.1 Å². The van der Waals surface area contributed by atoms with Crippen molar-refractivity contribution in [3.63, 3.8) is 0 Å². The minimum Gasteiger partial charge on any atom is -0.508 e. The first kappa shape index (κ1) is 45.0. The van der Waals surface area contributed by atoms with Gasteiger partial charge in [-0.15, -0.1) is 0 Å². The number of rotatable bonds is 18. The number of benzene rings is 2. The number of phenols is 2. The number of aliphatic carboxylic acids is 1. The van der Waals surface area contributed by atoms with Gasteiger partial charge < -0.3 is 57.2 Å². The summed E-state index contributed by atoms with van der Waals surface area (Å²) in [6.45, 7) is 4.79. The summed E-state index contributed by atoms with van der Waals surface area (Å²) in [5.41, 5.74) is 7.46. The first-order valence-corrected chi connectivity index (χ1v) is 19.5. The first-order chi connectivity index (χ1) is 27.4. The van der Waals surface area contributed by atoms with Crippen molar-refractivity contribution in [2.24, 2.45) is 11.7 Å². The maximum atomic E-state index is 13.8. The molecular formula is C40H55N7O11. The van der Waals surface area contributed by atoms with E-state index in [0.29, 0.717) is 31.4 Å². The van der Waals surface area contributed by atoms with Gasteiger partial charge in [0.2, 0.25) is 35.4 Å². The number of aliphatic hydroxyl groups excluding tert-OH is 1. The minimum atomic E-state index is -1.52. The fourth-order valence-corrected chi connectivity index (χ4v) is 7.18. The Labute approximate surface area is 336 Å². The second kappa shape index (κ2) is 20.6. The Balaban J connectivity index is 1.34. The van der Waals surface area contributed by atoms with Crippen LogP contribution in [0.5, 0.6) is 11.5 Å². The third-order valence-electron chi connectivity index (χ3n) is 10.2. The quantitative estimate of drug-likeness (QED) is 0.0902. The van der Waals surface area contributed by atoms with E-state index in [1.165, 1.54) is 53.1 Å². The molecule has 18 heteroatoms. The van der Waals surface area contributed by atoms with Crippen molar-refractivity contribution < 1.29 is 54.0 Å². The van der Waals surface area contributed by atoms with Crippen LogP contribution in [0.15, 0.2) is 48.5 Å². The van der Waals surface area contributed by atoms with Gasteiger partial charge in [0.1, 0.15) is 41.7 Å². The lowest BCUT2D eigenvalue weighted by atomic mass is 10.0. The topological polar surface area (TPSA) is 281 Å². The molecule has 0 aliphatic carbocycles. The fraction of sp³-hybridized carbons (Fsp3) is 0.525. The van der Waals surface area contributed by atoms with Crippen LogP contribution in [0, 0.1) is 5.92 Å². The maximum absolute atomic E-state index is 13.8. The molecule has 7 atom stereocenters. The van der Waals surface area contributed by atoms with Gasteiger partial charge in [0, 0.05) is 19.5 Å². The average Bonchev–Trinajstić information content (AvgIpc) is 3.87. The Kier molecular flexibility index (Phi) is 16.0. The summed E-state index contributed by atoms with van der Waals surface area (Å²) in [6, 6.07) is 5.19. The van der Waals surface area contributed by atoms with Gasteiger partial charge in [-0.05, 0) is 86.8 Å². The van der Waals surface area contributed by atoms with Gasteiger partial charge in [-0.1, -0.05) is 38.1 Å². The van der Waals surface area contributed by atoms with Crippen LogP contribution in [0.25, 0.3) is 0 Å². The number of aromatic hydroxyl groups is 2. The van der Waals surface area contributed by atoms with Crippen LogP contribution in [-0.4, -0.2) is 134 Å². The smallest absolute Gasteiger partial charge is 0.326 e. The zero-order valence-corrected chi connectivity index (χ0v) is 32.9. The van der Waals surface area contributed by atoms with Crippen molar-refractivity contribution in [3.05, 3.63) is 59.7 Å². The molecule has 0 saturated carbocycles. The number of nitrogens with zero attached hydrogens (tertiary/aromatic N) is 2. The van der Waals surface area contributed by atoms with Crippen molar-refractivity contribution in [2.75, 3.05) is 19.6 Å². The highest BCUT2D eigenvalue weighted by molar-refractivity contribution is 5.96. The number of carbonyl (C=O) groups is 7. The number of phenolic OH excluding ortho intramolecular Hbond substituents is 2. The highest BCUT2D eigenvalue weighted by atomic mass is 16.4. The number of amides is 6. The van der Waals surface area contributed by atoms with Crippen LogP contribution in [0.2, 0.25) is 0 Å². The lowest BCUT2D eigenvalue weighted by Gasteiger charge is -2.31. The number of carboxylic acid groups (broad SMARTS) is 1. The van der Waals surface area contributed by atoms with E-state index >= 15 is 0 Å². The maximum Gasteiger partial charge on any atom is 0.326 e. The van der Waals surface area contributed by atoms with Crippen molar-refractivity contribution in [1.29, 1.82) is 0 Å². The average molecular weight is 810 g/mol. The highest BCUT2D eigenvalue weighted by Crippen LogP contribution is 2.22. The number of hydrogen-bond acceptors (Lipinski definition) is 11. The van der Waals surface area contributed by atoms with Gasteiger partial charge in [-0.25, -0.2) is 4.79 Å². The number of nitrogens with two attached hydrogens (primary N) is 1. The van der Waals surface area contributed by atoms with Gasteiger partial charge in [-0.2, -0.15) is 0 Å². The zero-order valence-electron chi connectivity index (χ0n) is 32.9. The standard InChI is InChI=1S/C40H55N7O11/c1-22(2)18-29(43-33(51)21-42-36(53)31-6-4-16-46(31)38(55)28(41)19-24-8-12-26(49)13-9-24)35(52)45-34(23(3)48)39(56)47-17-5-7-32(47)37(54)44-30(40(57)58)20-25-10-14-27(50)15-11-25/h8-15,22-23,28-32,34,48-50H,4-7,16-21,41H2,1-3H3,(H,42,53)(H,43,51)(H,44,54)(H,45,52)(H,57,58). The number of nitrogens with one attached hydrogen (secondary N) is 4. The summed E-state index contributed by atoms with van der Waals surface area (Å²) in [5.74, 6) is -5.35. The molecule has 0 spiro atoms. The van der Waals surface area contributed by atoms with Crippen molar-refractivity contribution in [2.45, 2.75) is 108 Å². The molecule has 0 aromatic heterocycles. The molecule has 2 saturated heterocycles. The molecule has 10 N–H and O–H groups in total. The molecule has 2 fully saturated rings. The summed E-state index contributed by atoms with van der Waals surface area (Å²) in [4.78, 5) is 94.9. The molecule has 4 rings (SSSR count). The summed E-state index contributed by atoms with van der Waals surface area (Å²) < 4.78 is 0. The molecule has 0 radical (unpaired) electrons. The van der Waals surface area contributed by atoms with E-state index < -0.39 is 90.3 Å². The van der Waals surface area contributed by atoms with Crippen LogP contribution in [-0.2, 0) is 46.4 Å². The second-order valence-electron chi connectivity index (χ2n) is 15.3. The predicted molar refractivity (Wildman–Crippen MR) is 209 cm³/mol. The van der Waals surface area contributed by atoms with Crippen molar-refractivity contribution >= 4 is 41.4 Å². The summed E-state index contributed by atoms with van der Waals surface area (Å²) >= 11 is 0. The monoisotopic (exact) mass is 809 g/mol. The third kappa shape index (κ3) is 12.4. The van der Waals surface area contributed by atoms with E-state index in [1.807, 2.05) is 13.8 Å². The normalized spacial score (nSPS) is 19.1. The molecule has 2 aliphatic heterocycles. The van der Waals surface area contributed by atoms with E-state index in [4.69, 9.17) is 5.73 Å². The van der Waals surface area contributed by atoms with Crippen molar-refractivity contribution in [3.8, 4) is 11.5 Å². The molecule has 58 heavy (non-hydrogen) atoms. The van der Waals surface area contributed by atoms with Crippen LogP contribution >= 0.6 is 0 Å². The number of carbonyl (C=O) groups excluding carboxylic acids is 6. The van der Waals surface area contributed by atoms with Gasteiger partial charge in [0.25, 0.3) is 0 Å². The number of aliphatic hydroxyl groups is 1. The van der Waals surface area contributed by atoms with Crippen LogP contribution in [0.4, 0.5) is 0 Å². The first-order valence-electron chi connectivity index (χ1n) is 19.5. The highest BCUT2D eigenvalue weighted by Gasteiger charge is 2.41. The van der Waals surface area contributed by atoms with Crippen LogP contribution < -0.4 is 27.0 Å². The Hall–Kier alpha value is -5.75. The molecule has 2 heterocycles. The predicted octanol–water partition coefficient (Wildman–Crippen LogP) is -0.726. The largest absolute Gasteiger partial charge is 0.508 e. The minimum absolute atomic E-state index is 0.00542. The van der Waals surface area contributed by atoms with Gasteiger partial charge in [0.15, 0.2) is 0 Å². The van der Waals surface area contributed by atoms with Crippen LogP contribution in [0.3, 0.4) is 0 Å². The number of carboxylic acids is 1. The Morgan fingerprint density at radius 2 is 1.24 bits per heavy atom. The zero-order chi connectivity index (χ0) is 42.7. The molecule has 6 amide bonds. The molecule has 7 unspecified atom stereocenters. The number of hydrogen-bond donors (Lipinski definition) is 9. The lowest BCUT2D eigenvalue weighted by molar-refractivity contribution is -0.146. The second-order valence-corrected chi connectivity index (χ2v) is 15.3. The number of likely N-dealkylation sites (tertiary alicyclic amines) is 2. The molecule has 2 aromatic carbocycles. The molecule has 2 aliphatic rings. The Bertz CT molecular complexity index is 1790. The SMILES string of the molecule is CC(C)CC(NC(=O)CNC(=O)C1CCCN1C(=O)C(N)Cc1ccc(O)cc1)C(=O)NC(C(=O)N1CCCC1C(=O)NC(Cc1ccc(O)cc1)C(=O)O)C(C)O. The third-order valence-corrected chi connectivity index (χ3v) is 10.2. The fourth-order valence-electron chi connectivity index (χ4n) is 7.18. The van der Waals surface area contributed by atoms with Crippen molar-refractivity contribution in [1.82, 2.24) is 31.1 Å². The van der Waals surface area contributed by atoms with Gasteiger partial charge in [0.05, 0.1) is 18.7 Å². The Morgan fingerprint density at radius 1 is 0.724 bits per heavy atom. The molecule has 0 bridgehead atoms. The van der Waals surface area contributed by atoms with E-state index in [-0.39, 0.29) is 49.6 Å². The molecule has 2 aromatic rings. The summed E-state index contributed by atoms with van der Waals surface area (Å²) in [5, 5.41) is 49.6. The van der Waals surface area contributed by atoms with E-state index in [2.05, 4.69) is 21.3 Å². The Morgan fingerprint density at radius 3 is 1.76 bits per heavy atom. The molecular weight excluding hydrogens is 754 g/mol. The van der Waals surface area contributed by atoms with Gasteiger partial charge in [-0.3, -0.25) is 28.8 Å². The molecule has 18 nitrogen and oxygen atoms in total. The van der Waals surface area contributed by atoms with Gasteiger partial charge >= 0.3 is 5.97 Å².